The van der Waals surface area contributed by atoms with Crippen LogP contribution in [0.15, 0.2) is 148 Å². The number of hydrogen-bond donors (Lipinski definition) is 0. The van der Waals surface area contributed by atoms with Crippen molar-refractivity contribution in [1.82, 2.24) is 0 Å². The van der Waals surface area contributed by atoms with Gasteiger partial charge in [0.15, 0.2) is 7.14 Å². The molecule has 0 spiro atoms. The zero-order valence-electron chi connectivity index (χ0n) is 23.5. The van der Waals surface area contributed by atoms with Gasteiger partial charge in [0, 0.05) is 37.5 Å². The second-order valence-corrected chi connectivity index (χ2v) is 14.3. The summed E-state index contributed by atoms with van der Waals surface area (Å²) in [6.07, 6.45) is 0. The van der Waals surface area contributed by atoms with Gasteiger partial charge in [0.25, 0.3) is 0 Å². The van der Waals surface area contributed by atoms with Crippen LogP contribution in [0, 0.1) is 0 Å². The van der Waals surface area contributed by atoms with E-state index in [-0.39, 0.29) is 0 Å². The van der Waals surface area contributed by atoms with Crippen LogP contribution in [0.2, 0.25) is 0 Å². The summed E-state index contributed by atoms with van der Waals surface area (Å²) < 4.78 is 28.7. The maximum atomic E-state index is 16.3. The molecule has 0 aliphatic carbocycles. The molecule has 2 aromatic heterocycles. The molecule has 0 aliphatic heterocycles. The van der Waals surface area contributed by atoms with Gasteiger partial charge in [-0.25, -0.2) is 0 Å². The Labute approximate surface area is 251 Å². The van der Waals surface area contributed by atoms with Crippen molar-refractivity contribution in [2.75, 3.05) is 0 Å². The number of hydrogen-bond acceptors (Lipinski definition) is 3. The number of rotatable bonds is 3. The monoisotopic (exact) mass is 582 g/mol. The molecule has 10 rings (SSSR count). The van der Waals surface area contributed by atoms with Gasteiger partial charge in [-0.2, -0.15) is 0 Å². The molecule has 0 saturated carbocycles. The Balaban J connectivity index is 1.34. The van der Waals surface area contributed by atoms with E-state index in [1.165, 1.54) is 16.2 Å². The highest BCUT2D eigenvalue weighted by Gasteiger charge is 2.33. The molecule has 3 nitrogen and oxygen atoms in total. The van der Waals surface area contributed by atoms with Gasteiger partial charge in [0.2, 0.25) is 0 Å². The van der Waals surface area contributed by atoms with Gasteiger partial charge in [-0.15, -0.1) is 0 Å². The number of furan rings is 2. The minimum absolute atomic E-state index is 0.777. The third-order valence-electron chi connectivity index (χ3n) is 9.29. The van der Waals surface area contributed by atoms with Crippen LogP contribution in [-0.4, -0.2) is 0 Å². The molecule has 0 unspecified atom stereocenters. The van der Waals surface area contributed by atoms with Crippen LogP contribution in [0.25, 0.3) is 76.2 Å². The topological polar surface area (TPSA) is 43.4 Å². The smallest absolute Gasteiger partial charge is 0.171 e. The van der Waals surface area contributed by atoms with E-state index in [2.05, 4.69) is 78.9 Å². The fourth-order valence-corrected chi connectivity index (χ4v) is 10.1. The zero-order chi connectivity index (χ0) is 29.0. The molecule has 0 aliphatic rings. The lowest BCUT2D eigenvalue weighted by molar-refractivity contribution is 0.592. The van der Waals surface area contributed by atoms with Crippen molar-refractivity contribution in [2.24, 2.45) is 0 Å². The molecule has 0 N–H and O–H groups in total. The van der Waals surface area contributed by atoms with E-state index in [1.54, 1.807) is 0 Å². The number of fused-ring (bicyclic) bond motifs is 6. The second kappa shape index (κ2) is 8.60. The molecule has 8 aromatic carbocycles. The quantitative estimate of drug-likeness (QED) is 0.154. The first-order valence-corrected chi connectivity index (χ1v) is 16.5. The summed E-state index contributed by atoms with van der Waals surface area (Å²) in [5.74, 6) is 0. The van der Waals surface area contributed by atoms with Gasteiger partial charge in [0.1, 0.15) is 22.3 Å². The highest BCUT2D eigenvalue weighted by atomic mass is 31.2. The summed E-state index contributed by atoms with van der Waals surface area (Å²) in [5, 5.41) is 13.3. The summed E-state index contributed by atoms with van der Waals surface area (Å²) in [6, 6.07) is 47.5. The minimum Gasteiger partial charge on any atom is -0.456 e. The van der Waals surface area contributed by atoms with Crippen LogP contribution in [-0.2, 0) is 4.57 Å². The molecule has 10 aromatic rings. The van der Waals surface area contributed by atoms with Crippen molar-refractivity contribution in [3.63, 3.8) is 0 Å². The maximum absolute atomic E-state index is 16.3. The van der Waals surface area contributed by atoms with Crippen LogP contribution in [0.4, 0.5) is 0 Å². The van der Waals surface area contributed by atoms with Gasteiger partial charge in [0.05, 0.1) is 0 Å². The SMILES string of the molecule is O=P(c1ccc2oc3ccccc3c2c1)(c1ccc2oc3ccccc3c2c1)c1ccc2ccc3cccc4ccc1c2c34. The Morgan fingerprint density at radius 2 is 0.886 bits per heavy atom. The maximum Gasteiger partial charge on any atom is 0.171 e. The van der Waals surface area contributed by atoms with Gasteiger partial charge in [-0.1, -0.05) is 84.9 Å². The Bertz CT molecular complexity index is 2680. The Morgan fingerprint density at radius 3 is 1.50 bits per heavy atom. The van der Waals surface area contributed by atoms with E-state index in [9.17, 15) is 0 Å². The fourth-order valence-electron chi connectivity index (χ4n) is 7.24. The Morgan fingerprint density at radius 1 is 0.386 bits per heavy atom. The van der Waals surface area contributed by atoms with Gasteiger partial charge in [-0.05, 0) is 86.9 Å². The molecule has 0 radical (unpaired) electrons. The first kappa shape index (κ1) is 24.1. The number of benzene rings is 8. The van der Waals surface area contributed by atoms with Crippen LogP contribution < -0.4 is 15.9 Å². The summed E-state index contributed by atoms with van der Waals surface area (Å²) in [7, 11) is -3.43. The van der Waals surface area contributed by atoms with Crippen LogP contribution >= 0.6 is 7.14 Å². The lowest BCUT2D eigenvalue weighted by atomic mass is 9.94. The molecule has 0 bridgehead atoms. The normalized spacial score (nSPS) is 12.6. The largest absolute Gasteiger partial charge is 0.456 e. The third kappa shape index (κ3) is 3.14. The van der Waals surface area contributed by atoms with Crippen molar-refractivity contribution in [2.45, 2.75) is 0 Å². The molecular weight excluding hydrogens is 559 g/mol. The standard InChI is InChI=1S/C40H23O3P/c41-44(27-16-19-36-32(22-27)29-8-1-3-10-34(29)42-36,28-17-20-37-33(23-28)30-9-2-4-11-35(30)43-37)38-21-15-26-13-12-24-6-5-7-25-14-18-31(38)40(26)39(24)25/h1-23H. The molecular formula is C40H23O3P. The predicted octanol–water partition coefficient (Wildman–Crippen LogP) is 10.0. The predicted molar refractivity (Wildman–Crippen MR) is 184 cm³/mol. The molecule has 4 heteroatoms. The highest BCUT2D eigenvalue weighted by Crippen LogP contribution is 2.48. The van der Waals surface area contributed by atoms with Crippen molar-refractivity contribution in [3.8, 4) is 0 Å². The average molecular weight is 583 g/mol. The summed E-state index contributed by atoms with van der Waals surface area (Å²) in [4.78, 5) is 0. The third-order valence-corrected chi connectivity index (χ3v) is 12.4. The first-order valence-electron chi connectivity index (χ1n) is 14.8. The molecule has 206 valence electrons. The molecule has 0 amide bonds. The molecule has 2 heterocycles. The minimum atomic E-state index is -3.43. The molecule has 0 atom stereocenters. The lowest BCUT2D eigenvalue weighted by Crippen LogP contribution is -2.25. The van der Waals surface area contributed by atoms with Crippen molar-refractivity contribution < 1.29 is 13.4 Å². The van der Waals surface area contributed by atoms with E-state index in [1.807, 2.05) is 60.7 Å². The second-order valence-electron chi connectivity index (χ2n) is 11.6. The van der Waals surface area contributed by atoms with Crippen LogP contribution in [0.3, 0.4) is 0 Å². The summed E-state index contributed by atoms with van der Waals surface area (Å²) in [6.45, 7) is 0. The molecule has 0 fully saturated rings. The van der Waals surface area contributed by atoms with Crippen LogP contribution in [0.5, 0.6) is 0 Å². The van der Waals surface area contributed by atoms with Crippen molar-refractivity contribution in [3.05, 3.63) is 140 Å². The van der Waals surface area contributed by atoms with E-state index in [4.69, 9.17) is 8.83 Å². The van der Waals surface area contributed by atoms with Crippen molar-refractivity contribution >= 4 is 99.2 Å². The molecule has 0 saturated heterocycles. The van der Waals surface area contributed by atoms with Crippen LogP contribution in [0.1, 0.15) is 0 Å². The van der Waals surface area contributed by atoms with Crippen molar-refractivity contribution in [1.29, 1.82) is 0 Å². The fraction of sp³-hybridized carbons (Fsp3) is 0. The lowest BCUT2D eigenvalue weighted by Gasteiger charge is -2.23. The van der Waals surface area contributed by atoms with E-state index in [0.29, 0.717) is 0 Å². The Hall–Kier alpha value is -5.37. The number of para-hydroxylation sites is 2. The van der Waals surface area contributed by atoms with E-state index in [0.717, 1.165) is 75.9 Å². The highest BCUT2D eigenvalue weighted by molar-refractivity contribution is 7.85. The summed E-state index contributed by atoms with van der Waals surface area (Å²) in [5.41, 5.74) is 3.22. The van der Waals surface area contributed by atoms with Gasteiger partial charge < -0.3 is 13.4 Å². The zero-order valence-corrected chi connectivity index (χ0v) is 24.3. The van der Waals surface area contributed by atoms with Gasteiger partial charge in [-0.3, -0.25) is 0 Å². The molecule has 44 heavy (non-hydrogen) atoms. The van der Waals surface area contributed by atoms with E-state index >= 15 is 4.57 Å². The Kier molecular flexibility index (Phi) is 4.71. The first-order chi connectivity index (χ1) is 21.7. The summed E-state index contributed by atoms with van der Waals surface area (Å²) >= 11 is 0. The average Bonchev–Trinajstić information content (AvgIpc) is 3.64. The van der Waals surface area contributed by atoms with Gasteiger partial charge >= 0.3 is 0 Å². The van der Waals surface area contributed by atoms with E-state index < -0.39 is 7.14 Å².